The van der Waals surface area contributed by atoms with Crippen molar-refractivity contribution in [2.45, 2.75) is 33.2 Å². The molecular formula is C21H23N3O. The third-order valence-electron chi connectivity index (χ3n) is 4.29. The molecule has 25 heavy (non-hydrogen) atoms. The van der Waals surface area contributed by atoms with Crippen LogP contribution in [0.1, 0.15) is 46.8 Å². The number of anilines is 1. The number of aromatic nitrogens is 2. The van der Waals surface area contributed by atoms with Gasteiger partial charge < -0.3 is 5.32 Å². The van der Waals surface area contributed by atoms with Gasteiger partial charge in [-0.3, -0.25) is 9.48 Å². The summed E-state index contributed by atoms with van der Waals surface area (Å²) >= 11 is 0. The summed E-state index contributed by atoms with van der Waals surface area (Å²) < 4.78 is 1.86. The molecular weight excluding hydrogens is 310 g/mol. The molecule has 1 heterocycles. The lowest BCUT2D eigenvalue weighted by Gasteiger charge is -2.16. The Bertz CT molecular complexity index is 849. The molecule has 4 heteroatoms. The van der Waals surface area contributed by atoms with Crippen LogP contribution in [0.4, 0.5) is 5.69 Å². The average molecular weight is 333 g/mol. The molecule has 0 atom stereocenters. The molecule has 4 nitrogen and oxygen atoms in total. The van der Waals surface area contributed by atoms with E-state index in [1.807, 2.05) is 60.3 Å². The first-order chi connectivity index (χ1) is 12.0. The van der Waals surface area contributed by atoms with Gasteiger partial charge in [-0.25, -0.2) is 0 Å². The van der Waals surface area contributed by atoms with Gasteiger partial charge in [0.25, 0.3) is 5.91 Å². The average Bonchev–Trinajstić information content (AvgIpc) is 3.10. The number of amides is 1. The van der Waals surface area contributed by atoms with Gasteiger partial charge in [0, 0.05) is 23.6 Å². The van der Waals surface area contributed by atoms with Gasteiger partial charge in [-0.05, 0) is 47.7 Å². The van der Waals surface area contributed by atoms with Crippen LogP contribution in [0, 0.1) is 6.92 Å². The van der Waals surface area contributed by atoms with Gasteiger partial charge >= 0.3 is 0 Å². The van der Waals surface area contributed by atoms with Crippen molar-refractivity contribution >= 4 is 11.6 Å². The largest absolute Gasteiger partial charge is 0.321 e. The molecule has 0 bridgehead atoms. The van der Waals surface area contributed by atoms with Crippen molar-refractivity contribution in [3.63, 3.8) is 0 Å². The molecule has 0 saturated carbocycles. The fourth-order valence-electron chi connectivity index (χ4n) is 2.87. The minimum absolute atomic E-state index is 0.0816. The summed E-state index contributed by atoms with van der Waals surface area (Å²) in [5, 5.41) is 7.28. The number of carbonyl (C=O) groups is 1. The molecule has 0 radical (unpaired) electrons. The number of benzene rings is 2. The lowest BCUT2D eigenvalue weighted by atomic mass is 9.98. The van der Waals surface area contributed by atoms with E-state index in [1.165, 1.54) is 0 Å². The monoisotopic (exact) mass is 333 g/mol. The first-order valence-corrected chi connectivity index (χ1v) is 8.52. The van der Waals surface area contributed by atoms with E-state index in [0.29, 0.717) is 18.0 Å². The second-order valence-corrected chi connectivity index (χ2v) is 6.55. The maximum atomic E-state index is 12.6. The molecule has 1 amide bonds. The minimum atomic E-state index is -0.0816. The molecule has 0 unspecified atom stereocenters. The van der Waals surface area contributed by atoms with Crippen molar-refractivity contribution in [2.24, 2.45) is 0 Å². The van der Waals surface area contributed by atoms with Crippen LogP contribution in [0.5, 0.6) is 0 Å². The van der Waals surface area contributed by atoms with Crippen LogP contribution in [0.15, 0.2) is 60.9 Å². The first kappa shape index (κ1) is 17.0. The Balaban J connectivity index is 1.76. The maximum Gasteiger partial charge on any atom is 0.255 e. The third-order valence-corrected chi connectivity index (χ3v) is 4.29. The number of nitrogens with zero attached hydrogens (tertiary/aromatic N) is 2. The summed E-state index contributed by atoms with van der Waals surface area (Å²) in [4.78, 5) is 12.6. The number of hydrogen-bond donors (Lipinski definition) is 1. The van der Waals surface area contributed by atoms with Crippen molar-refractivity contribution in [2.75, 3.05) is 5.32 Å². The van der Waals surface area contributed by atoms with E-state index in [4.69, 9.17) is 0 Å². The number of nitrogens with one attached hydrogen (secondary N) is 1. The number of carbonyl (C=O) groups excluding carboxylic acids is 1. The van der Waals surface area contributed by atoms with Gasteiger partial charge in [0.2, 0.25) is 0 Å². The van der Waals surface area contributed by atoms with Crippen LogP contribution in [0.2, 0.25) is 0 Å². The van der Waals surface area contributed by atoms with E-state index in [-0.39, 0.29) is 5.91 Å². The second-order valence-electron chi connectivity index (χ2n) is 6.55. The van der Waals surface area contributed by atoms with Gasteiger partial charge in [-0.1, -0.05) is 44.2 Å². The third kappa shape index (κ3) is 3.97. The van der Waals surface area contributed by atoms with Crippen molar-refractivity contribution in [3.05, 3.63) is 83.2 Å². The van der Waals surface area contributed by atoms with E-state index in [0.717, 1.165) is 22.4 Å². The van der Waals surface area contributed by atoms with Gasteiger partial charge in [0.05, 0.1) is 6.54 Å². The van der Waals surface area contributed by atoms with E-state index in [9.17, 15) is 4.79 Å². The van der Waals surface area contributed by atoms with Crippen LogP contribution in [-0.2, 0) is 6.54 Å². The molecule has 0 saturated heterocycles. The van der Waals surface area contributed by atoms with Crippen molar-refractivity contribution in [3.8, 4) is 0 Å². The first-order valence-electron chi connectivity index (χ1n) is 8.52. The molecule has 0 aliphatic heterocycles. The standard InChI is InChI=1S/C21H23N3O/c1-15(2)19-7-4-6-16(3)20(19)23-21(25)18-10-8-17(9-11-18)14-24-13-5-12-22-24/h4-13,15H,14H2,1-3H3,(H,23,25). The van der Waals surface area contributed by atoms with Crippen molar-refractivity contribution in [1.82, 2.24) is 9.78 Å². The fraction of sp³-hybridized carbons (Fsp3) is 0.238. The summed E-state index contributed by atoms with van der Waals surface area (Å²) in [6, 6.07) is 15.7. The Hall–Kier alpha value is -2.88. The molecule has 3 rings (SSSR count). The van der Waals surface area contributed by atoms with Crippen LogP contribution in [0.3, 0.4) is 0 Å². The molecule has 0 aliphatic carbocycles. The molecule has 128 valence electrons. The highest BCUT2D eigenvalue weighted by molar-refractivity contribution is 6.05. The molecule has 1 aromatic heterocycles. The highest BCUT2D eigenvalue weighted by atomic mass is 16.1. The van der Waals surface area contributed by atoms with Gasteiger partial charge in [0.15, 0.2) is 0 Å². The second kappa shape index (κ2) is 7.34. The molecule has 1 N–H and O–H groups in total. The molecule has 3 aromatic rings. The predicted molar refractivity (Wildman–Crippen MR) is 101 cm³/mol. The zero-order valence-corrected chi connectivity index (χ0v) is 14.9. The zero-order chi connectivity index (χ0) is 17.8. The Morgan fingerprint density at radius 2 is 1.88 bits per heavy atom. The Morgan fingerprint density at radius 1 is 1.12 bits per heavy atom. The SMILES string of the molecule is Cc1cccc(C(C)C)c1NC(=O)c1ccc(Cn2cccn2)cc1. The highest BCUT2D eigenvalue weighted by Gasteiger charge is 2.13. The van der Waals surface area contributed by atoms with E-state index >= 15 is 0 Å². The minimum Gasteiger partial charge on any atom is -0.321 e. The van der Waals surface area contributed by atoms with E-state index in [1.54, 1.807) is 6.20 Å². The number of para-hydroxylation sites is 1. The van der Waals surface area contributed by atoms with Crippen molar-refractivity contribution < 1.29 is 4.79 Å². The molecule has 2 aromatic carbocycles. The normalized spacial score (nSPS) is 10.9. The zero-order valence-electron chi connectivity index (χ0n) is 14.9. The molecule has 0 spiro atoms. The number of aryl methyl sites for hydroxylation is 1. The fourth-order valence-corrected chi connectivity index (χ4v) is 2.87. The quantitative estimate of drug-likeness (QED) is 0.741. The van der Waals surface area contributed by atoms with Crippen LogP contribution < -0.4 is 5.32 Å². The summed E-state index contributed by atoms with van der Waals surface area (Å²) in [7, 11) is 0. The maximum absolute atomic E-state index is 12.6. The molecule has 0 fully saturated rings. The smallest absolute Gasteiger partial charge is 0.255 e. The van der Waals surface area contributed by atoms with Crippen LogP contribution in [-0.4, -0.2) is 15.7 Å². The Morgan fingerprint density at radius 3 is 2.52 bits per heavy atom. The summed E-state index contributed by atoms with van der Waals surface area (Å²) in [6.45, 7) is 6.99. The Kier molecular flexibility index (Phi) is 4.98. The van der Waals surface area contributed by atoms with Gasteiger partial charge in [0.1, 0.15) is 0 Å². The summed E-state index contributed by atoms with van der Waals surface area (Å²) in [6.07, 6.45) is 3.68. The van der Waals surface area contributed by atoms with E-state index in [2.05, 4.69) is 30.3 Å². The van der Waals surface area contributed by atoms with Gasteiger partial charge in [-0.2, -0.15) is 5.10 Å². The molecule has 0 aliphatic rings. The summed E-state index contributed by atoms with van der Waals surface area (Å²) in [5.41, 5.74) is 4.92. The summed E-state index contributed by atoms with van der Waals surface area (Å²) in [5.74, 6) is 0.272. The topological polar surface area (TPSA) is 46.9 Å². The lowest BCUT2D eigenvalue weighted by Crippen LogP contribution is -2.15. The van der Waals surface area contributed by atoms with Crippen LogP contribution in [0.25, 0.3) is 0 Å². The van der Waals surface area contributed by atoms with Crippen molar-refractivity contribution in [1.29, 1.82) is 0 Å². The lowest BCUT2D eigenvalue weighted by molar-refractivity contribution is 0.102. The predicted octanol–water partition coefficient (Wildman–Crippen LogP) is 4.62. The van der Waals surface area contributed by atoms with E-state index < -0.39 is 0 Å². The number of hydrogen-bond acceptors (Lipinski definition) is 2. The van der Waals surface area contributed by atoms with Crippen LogP contribution >= 0.6 is 0 Å². The number of rotatable bonds is 5. The Labute approximate surface area is 148 Å². The van der Waals surface area contributed by atoms with Gasteiger partial charge in [-0.15, -0.1) is 0 Å². The highest BCUT2D eigenvalue weighted by Crippen LogP contribution is 2.27.